The first-order valence-electron chi connectivity index (χ1n) is 12.8. The molecule has 2 aliphatic rings. The number of para-hydroxylation sites is 1. The fraction of sp³-hybridized carbons (Fsp3) is 0.345. The summed E-state index contributed by atoms with van der Waals surface area (Å²) in [7, 11) is 1.38. The molecular formula is C29H30FN5O5. The SMILES string of the molecule is COc1c(F)cccc1Nc1c(-c2ccncc2C#CC2(NC(=O)OC(C)(C)C)COC2)[nH]c2c1C(=O)NCC2. The number of nitrogens with zero attached hydrogens (tertiary/aromatic N) is 1. The van der Waals surface area contributed by atoms with Crippen LogP contribution in [0, 0.1) is 17.7 Å². The standard InChI is InChI=1S/C29H30FN5O5/c1-28(2,3)40-27(37)35-29(15-39-16-29)11-8-17-14-31-12-9-18(17)23-24(22-20(33-23)10-13-32-26(22)36)34-21-7-5-6-19(30)25(21)38-4/h5-7,9,12,14,33-34H,10,13,15-16H2,1-4H3,(H,32,36)(H,35,37). The number of alkyl carbamates (subject to hydrolysis) is 1. The number of benzene rings is 1. The third-order valence-electron chi connectivity index (χ3n) is 6.36. The van der Waals surface area contributed by atoms with E-state index in [9.17, 15) is 14.0 Å². The fourth-order valence-electron chi connectivity index (χ4n) is 4.54. The summed E-state index contributed by atoms with van der Waals surface area (Å²) >= 11 is 0. The van der Waals surface area contributed by atoms with Crippen LogP contribution in [-0.4, -0.2) is 60.0 Å². The number of aromatic amines is 1. The summed E-state index contributed by atoms with van der Waals surface area (Å²) in [5, 5.41) is 8.91. The number of fused-ring (bicyclic) bond motifs is 1. The third kappa shape index (κ3) is 5.44. The minimum atomic E-state index is -0.916. The number of pyridine rings is 1. The van der Waals surface area contributed by atoms with E-state index in [1.807, 2.05) is 0 Å². The van der Waals surface area contributed by atoms with Crippen LogP contribution in [0.3, 0.4) is 0 Å². The molecule has 5 rings (SSSR count). The second kappa shape index (κ2) is 10.5. The zero-order chi connectivity index (χ0) is 28.5. The molecule has 0 spiro atoms. The van der Waals surface area contributed by atoms with E-state index in [4.69, 9.17) is 14.2 Å². The predicted molar refractivity (Wildman–Crippen MR) is 146 cm³/mol. The van der Waals surface area contributed by atoms with Gasteiger partial charge in [0.25, 0.3) is 5.91 Å². The van der Waals surface area contributed by atoms with Crippen LogP contribution in [0.2, 0.25) is 0 Å². The molecule has 40 heavy (non-hydrogen) atoms. The third-order valence-corrected chi connectivity index (χ3v) is 6.36. The molecule has 208 valence electrons. The molecule has 3 aromatic rings. The number of nitrogens with one attached hydrogen (secondary N) is 4. The normalized spacial score (nSPS) is 15.5. The lowest BCUT2D eigenvalue weighted by atomic mass is 9.97. The smallest absolute Gasteiger partial charge is 0.409 e. The lowest BCUT2D eigenvalue weighted by Gasteiger charge is -2.37. The number of hydrogen-bond acceptors (Lipinski definition) is 7. The Morgan fingerprint density at radius 2 is 2.05 bits per heavy atom. The molecule has 2 aromatic heterocycles. The predicted octanol–water partition coefficient (Wildman–Crippen LogP) is 3.90. The molecule has 0 aliphatic carbocycles. The first kappa shape index (κ1) is 27.0. The van der Waals surface area contributed by atoms with E-state index in [1.54, 1.807) is 51.4 Å². The van der Waals surface area contributed by atoms with Crippen molar-refractivity contribution in [3.05, 3.63) is 59.3 Å². The van der Waals surface area contributed by atoms with Crippen molar-refractivity contribution in [3.63, 3.8) is 0 Å². The van der Waals surface area contributed by atoms with Crippen molar-refractivity contribution < 1.29 is 28.2 Å². The van der Waals surface area contributed by atoms with Gasteiger partial charge in [0.1, 0.15) is 5.60 Å². The Labute approximate surface area is 231 Å². The van der Waals surface area contributed by atoms with Crippen LogP contribution < -0.4 is 20.7 Å². The Morgan fingerprint density at radius 3 is 2.75 bits per heavy atom. The summed E-state index contributed by atoms with van der Waals surface area (Å²) < 4.78 is 30.5. The number of H-pyrrole nitrogens is 1. The van der Waals surface area contributed by atoms with Crippen molar-refractivity contribution in [2.75, 3.05) is 32.2 Å². The van der Waals surface area contributed by atoms with Crippen molar-refractivity contribution >= 4 is 23.4 Å². The maximum absolute atomic E-state index is 14.5. The van der Waals surface area contributed by atoms with Crippen LogP contribution in [0.5, 0.6) is 5.75 Å². The van der Waals surface area contributed by atoms with Crippen LogP contribution in [0.25, 0.3) is 11.3 Å². The fourth-order valence-corrected chi connectivity index (χ4v) is 4.54. The number of halogens is 1. The topological polar surface area (TPSA) is 127 Å². The van der Waals surface area contributed by atoms with Crippen LogP contribution in [0.1, 0.15) is 42.4 Å². The molecule has 4 heterocycles. The van der Waals surface area contributed by atoms with Gasteiger partial charge in [0, 0.05) is 36.6 Å². The van der Waals surface area contributed by atoms with E-state index in [-0.39, 0.29) is 24.9 Å². The minimum absolute atomic E-state index is 0.0227. The molecule has 4 N–H and O–H groups in total. The monoisotopic (exact) mass is 547 g/mol. The largest absolute Gasteiger partial charge is 0.492 e. The summed E-state index contributed by atoms with van der Waals surface area (Å²) in [6.07, 6.45) is 3.22. The second-order valence-electron chi connectivity index (χ2n) is 10.6. The number of aromatic nitrogens is 2. The number of hydrogen-bond donors (Lipinski definition) is 4. The maximum atomic E-state index is 14.5. The highest BCUT2D eigenvalue weighted by molar-refractivity contribution is 6.06. The van der Waals surface area contributed by atoms with Gasteiger partial charge < -0.3 is 35.1 Å². The number of rotatable bonds is 5. The lowest BCUT2D eigenvalue weighted by molar-refractivity contribution is -0.0466. The van der Waals surface area contributed by atoms with Gasteiger partial charge in [0.2, 0.25) is 0 Å². The Hall–Kier alpha value is -4.56. The molecule has 0 atom stereocenters. The summed E-state index contributed by atoms with van der Waals surface area (Å²) in [6.45, 7) is 6.24. The Bertz CT molecular complexity index is 1530. The van der Waals surface area contributed by atoms with Gasteiger partial charge in [0.05, 0.1) is 48.5 Å². The van der Waals surface area contributed by atoms with Gasteiger partial charge in [-0.3, -0.25) is 9.78 Å². The van der Waals surface area contributed by atoms with Gasteiger partial charge in [-0.2, -0.15) is 0 Å². The van der Waals surface area contributed by atoms with E-state index in [0.717, 1.165) is 5.69 Å². The second-order valence-corrected chi connectivity index (χ2v) is 10.6. The van der Waals surface area contributed by atoms with E-state index >= 15 is 0 Å². The van der Waals surface area contributed by atoms with Gasteiger partial charge in [-0.25, -0.2) is 9.18 Å². The molecule has 0 radical (unpaired) electrons. The molecule has 0 unspecified atom stereocenters. The number of carbonyl (C=O) groups is 2. The van der Waals surface area contributed by atoms with Crippen molar-refractivity contribution in [3.8, 4) is 28.8 Å². The molecule has 2 aliphatic heterocycles. The van der Waals surface area contributed by atoms with E-state index in [0.29, 0.717) is 46.7 Å². The summed E-state index contributed by atoms with van der Waals surface area (Å²) in [5.74, 6) is 5.50. The minimum Gasteiger partial charge on any atom is -0.492 e. The molecule has 1 aromatic carbocycles. The molecular weight excluding hydrogens is 517 g/mol. The zero-order valence-corrected chi connectivity index (χ0v) is 22.7. The number of ether oxygens (including phenoxy) is 3. The molecule has 10 nitrogen and oxygen atoms in total. The Kier molecular flexibility index (Phi) is 7.12. The number of amides is 2. The average Bonchev–Trinajstić information content (AvgIpc) is 3.24. The van der Waals surface area contributed by atoms with Gasteiger partial charge in [-0.05, 0) is 39.0 Å². The average molecular weight is 548 g/mol. The van der Waals surface area contributed by atoms with E-state index in [2.05, 4.69) is 37.8 Å². The summed E-state index contributed by atoms with van der Waals surface area (Å²) in [5.41, 5.74) is 2.20. The molecule has 0 bridgehead atoms. The molecule has 1 fully saturated rings. The van der Waals surface area contributed by atoms with E-state index < -0.39 is 23.1 Å². The first-order valence-corrected chi connectivity index (χ1v) is 12.8. The van der Waals surface area contributed by atoms with Gasteiger partial charge >= 0.3 is 6.09 Å². The Balaban J connectivity index is 1.56. The van der Waals surface area contributed by atoms with E-state index in [1.165, 1.54) is 13.2 Å². The van der Waals surface area contributed by atoms with Crippen LogP contribution >= 0.6 is 0 Å². The molecule has 2 amide bonds. The van der Waals surface area contributed by atoms with Crippen molar-refractivity contribution in [2.45, 2.75) is 38.3 Å². The highest BCUT2D eigenvalue weighted by Gasteiger charge is 2.40. The van der Waals surface area contributed by atoms with Crippen molar-refractivity contribution in [2.24, 2.45) is 0 Å². The van der Waals surface area contributed by atoms with Crippen LogP contribution in [0.4, 0.5) is 20.6 Å². The summed E-state index contributed by atoms with van der Waals surface area (Å²) in [4.78, 5) is 33.0. The van der Waals surface area contributed by atoms with Crippen LogP contribution in [-0.2, 0) is 15.9 Å². The van der Waals surface area contributed by atoms with Gasteiger partial charge in [-0.15, -0.1) is 0 Å². The molecule has 11 heteroatoms. The van der Waals surface area contributed by atoms with Crippen molar-refractivity contribution in [1.29, 1.82) is 0 Å². The van der Waals surface area contributed by atoms with Gasteiger partial charge in [-0.1, -0.05) is 17.9 Å². The first-order chi connectivity index (χ1) is 19.1. The maximum Gasteiger partial charge on any atom is 0.409 e. The van der Waals surface area contributed by atoms with Crippen molar-refractivity contribution in [1.82, 2.24) is 20.6 Å². The number of carbonyl (C=O) groups excluding carboxylic acids is 2. The lowest BCUT2D eigenvalue weighted by Crippen LogP contribution is -2.61. The number of methoxy groups -OCH3 is 1. The zero-order valence-electron chi connectivity index (χ0n) is 22.7. The molecule has 1 saturated heterocycles. The van der Waals surface area contributed by atoms with Crippen LogP contribution in [0.15, 0.2) is 36.7 Å². The molecule has 0 saturated carbocycles. The Morgan fingerprint density at radius 1 is 1.25 bits per heavy atom. The summed E-state index contributed by atoms with van der Waals surface area (Å²) in [6, 6.07) is 6.30. The van der Waals surface area contributed by atoms with Gasteiger partial charge in [0.15, 0.2) is 17.1 Å². The quantitative estimate of drug-likeness (QED) is 0.357. The highest BCUT2D eigenvalue weighted by atomic mass is 19.1. The number of anilines is 2. The highest BCUT2D eigenvalue weighted by Crippen LogP contribution is 2.40.